The molecular weight excluding hydrogens is 306 g/mol. The van der Waals surface area contributed by atoms with Crippen molar-refractivity contribution < 1.29 is 5.11 Å². The molecule has 124 valence electrons. The van der Waals surface area contributed by atoms with Crippen LogP contribution in [0.25, 0.3) is 0 Å². The molecule has 2 heterocycles. The second kappa shape index (κ2) is 7.79. The number of aromatic nitrogens is 1. The zero-order valence-electron chi connectivity index (χ0n) is 13.7. The van der Waals surface area contributed by atoms with Crippen LogP contribution in [0, 0.1) is 0 Å². The minimum atomic E-state index is -0.140. The number of aliphatic hydroxyl groups excluding tert-OH is 1. The number of aliphatic hydroxyl groups is 1. The number of anilines is 2. The van der Waals surface area contributed by atoms with Crippen molar-refractivity contribution in [3.63, 3.8) is 0 Å². The van der Waals surface area contributed by atoms with E-state index in [1.54, 1.807) is 11.3 Å². The standard InChI is InChI=1S/C18H25N3OS/c1-2-5-18-20-14(13-23-18)12-19-16-6-3-4-7-17(16)21-10-8-15(22)9-11-21/h3-4,6-7,13,15,19,22H,2,5,8-12H2,1H3. The summed E-state index contributed by atoms with van der Waals surface area (Å²) in [6.45, 7) is 4.77. The highest BCUT2D eigenvalue weighted by molar-refractivity contribution is 7.09. The molecule has 0 atom stereocenters. The third-order valence-electron chi connectivity index (χ3n) is 4.23. The first-order chi connectivity index (χ1) is 11.3. The summed E-state index contributed by atoms with van der Waals surface area (Å²) < 4.78 is 0. The maximum Gasteiger partial charge on any atom is 0.0928 e. The average molecular weight is 331 g/mol. The molecule has 1 fully saturated rings. The van der Waals surface area contributed by atoms with E-state index in [1.165, 1.54) is 10.7 Å². The molecule has 0 aliphatic carbocycles. The third kappa shape index (κ3) is 4.24. The lowest BCUT2D eigenvalue weighted by Crippen LogP contribution is -2.36. The number of nitrogens with zero attached hydrogens (tertiary/aromatic N) is 2. The van der Waals surface area contributed by atoms with E-state index in [0.717, 1.165) is 56.7 Å². The first-order valence-corrected chi connectivity index (χ1v) is 9.33. The van der Waals surface area contributed by atoms with Crippen molar-refractivity contribution in [1.29, 1.82) is 0 Å². The second-order valence-electron chi connectivity index (χ2n) is 6.07. The zero-order chi connectivity index (χ0) is 16.1. The summed E-state index contributed by atoms with van der Waals surface area (Å²) in [6, 6.07) is 8.42. The van der Waals surface area contributed by atoms with Gasteiger partial charge in [0.2, 0.25) is 0 Å². The maximum absolute atomic E-state index is 9.69. The fourth-order valence-corrected chi connectivity index (χ4v) is 3.85. The maximum atomic E-state index is 9.69. The lowest BCUT2D eigenvalue weighted by Gasteiger charge is -2.32. The molecule has 0 unspecified atom stereocenters. The number of aryl methyl sites for hydroxylation is 1. The predicted molar refractivity (Wildman–Crippen MR) is 97.3 cm³/mol. The number of rotatable bonds is 6. The van der Waals surface area contributed by atoms with Crippen LogP contribution in [-0.4, -0.2) is 29.3 Å². The number of benzene rings is 1. The van der Waals surface area contributed by atoms with Crippen molar-refractivity contribution in [2.45, 2.75) is 45.3 Å². The van der Waals surface area contributed by atoms with Crippen molar-refractivity contribution in [3.8, 4) is 0 Å². The predicted octanol–water partition coefficient (Wildman–Crippen LogP) is 3.67. The Morgan fingerprint density at radius 3 is 2.87 bits per heavy atom. The molecule has 1 aliphatic rings. The van der Waals surface area contributed by atoms with Gasteiger partial charge in [-0.3, -0.25) is 0 Å². The lowest BCUT2D eigenvalue weighted by atomic mass is 10.1. The highest BCUT2D eigenvalue weighted by Crippen LogP contribution is 2.28. The van der Waals surface area contributed by atoms with Gasteiger partial charge in [0.25, 0.3) is 0 Å². The first kappa shape index (κ1) is 16.3. The Hall–Kier alpha value is -1.59. The van der Waals surface area contributed by atoms with Crippen molar-refractivity contribution >= 4 is 22.7 Å². The number of para-hydroxylation sites is 2. The smallest absolute Gasteiger partial charge is 0.0928 e. The molecule has 1 aromatic heterocycles. The fraction of sp³-hybridized carbons (Fsp3) is 0.500. The minimum absolute atomic E-state index is 0.140. The van der Waals surface area contributed by atoms with Gasteiger partial charge in [0.1, 0.15) is 0 Å². The van der Waals surface area contributed by atoms with Gasteiger partial charge >= 0.3 is 0 Å². The molecule has 0 bridgehead atoms. The van der Waals surface area contributed by atoms with Gasteiger partial charge in [0.15, 0.2) is 0 Å². The van der Waals surface area contributed by atoms with Crippen LogP contribution in [0.4, 0.5) is 11.4 Å². The van der Waals surface area contributed by atoms with Crippen LogP contribution in [0.1, 0.15) is 36.9 Å². The first-order valence-electron chi connectivity index (χ1n) is 8.45. The Labute approximate surface area is 142 Å². The lowest BCUT2D eigenvalue weighted by molar-refractivity contribution is 0.145. The van der Waals surface area contributed by atoms with E-state index < -0.39 is 0 Å². The van der Waals surface area contributed by atoms with Crippen LogP contribution in [-0.2, 0) is 13.0 Å². The highest BCUT2D eigenvalue weighted by atomic mass is 32.1. The van der Waals surface area contributed by atoms with Crippen LogP contribution in [0.3, 0.4) is 0 Å². The van der Waals surface area contributed by atoms with Gasteiger partial charge in [-0.05, 0) is 37.8 Å². The Bertz CT molecular complexity index is 620. The molecule has 0 saturated carbocycles. The molecule has 1 saturated heterocycles. The molecule has 1 aromatic carbocycles. The van der Waals surface area contributed by atoms with E-state index >= 15 is 0 Å². The van der Waals surface area contributed by atoms with Gasteiger partial charge < -0.3 is 15.3 Å². The van der Waals surface area contributed by atoms with Gasteiger partial charge in [-0.25, -0.2) is 4.98 Å². The Kier molecular flexibility index (Phi) is 5.51. The Morgan fingerprint density at radius 1 is 1.30 bits per heavy atom. The van der Waals surface area contributed by atoms with Gasteiger partial charge in [-0.15, -0.1) is 11.3 Å². The summed E-state index contributed by atoms with van der Waals surface area (Å²) in [4.78, 5) is 7.04. The van der Waals surface area contributed by atoms with Gasteiger partial charge in [0, 0.05) is 18.5 Å². The molecule has 0 spiro atoms. The fourth-order valence-electron chi connectivity index (χ4n) is 2.95. The van der Waals surface area contributed by atoms with Crippen LogP contribution >= 0.6 is 11.3 Å². The zero-order valence-corrected chi connectivity index (χ0v) is 14.5. The number of hydrogen-bond donors (Lipinski definition) is 2. The summed E-state index contributed by atoms with van der Waals surface area (Å²) in [5.41, 5.74) is 3.49. The molecule has 2 N–H and O–H groups in total. The topological polar surface area (TPSA) is 48.4 Å². The third-order valence-corrected chi connectivity index (χ3v) is 5.19. The summed E-state index contributed by atoms with van der Waals surface area (Å²) >= 11 is 1.75. The minimum Gasteiger partial charge on any atom is -0.393 e. The summed E-state index contributed by atoms with van der Waals surface area (Å²) in [6.07, 6.45) is 3.77. The van der Waals surface area contributed by atoms with Gasteiger partial charge in [-0.2, -0.15) is 0 Å². The van der Waals surface area contributed by atoms with Gasteiger partial charge in [-0.1, -0.05) is 19.1 Å². The number of piperidine rings is 1. The molecule has 2 aromatic rings. The normalized spacial score (nSPS) is 15.8. The average Bonchev–Trinajstić information content (AvgIpc) is 3.02. The molecule has 4 nitrogen and oxygen atoms in total. The molecule has 5 heteroatoms. The largest absolute Gasteiger partial charge is 0.393 e. The molecular formula is C18H25N3OS. The van der Waals surface area contributed by atoms with E-state index in [1.807, 2.05) is 0 Å². The van der Waals surface area contributed by atoms with Crippen molar-refractivity contribution in [2.75, 3.05) is 23.3 Å². The monoisotopic (exact) mass is 331 g/mol. The van der Waals surface area contributed by atoms with E-state index in [-0.39, 0.29) is 6.10 Å². The summed E-state index contributed by atoms with van der Waals surface area (Å²) in [5.74, 6) is 0. The molecule has 0 radical (unpaired) electrons. The van der Waals surface area contributed by atoms with E-state index in [2.05, 4.69) is 51.8 Å². The Balaban J connectivity index is 1.65. The molecule has 1 aliphatic heterocycles. The van der Waals surface area contributed by atoms with Gasteiger partial charge in [0.05, 0.1) is 34.7 Å². The van der Waals surface area contributed by atoms with Crippen LogP contribution in [0.2, 0.25) is 0 Å². The highest BCUT2D eigenvalue weighted by Gasteiger charge is 2.19. The molecule has 3 rings (SSSR count). The van der Waals surface area contributed by atoms with Crippen LogP contribution < -0.4 is 10.2 Å². The molecule has 0 amide bonds. The Morgan fingerprint density at radius 2 is 2.09 bits per heavy atom. The number of hydrogen-bond acceptors (Lipinski definition) is 5. The SMILES string of the molecule is CCCc1nc(CNc2ccccc2N2CCC(O)CC2)cs1. The van der Waals surface area contributed by atoms with Crippen LogP contribution in [0.5, 0.6) is 0 Å². The van der Waals surface area contributed by atoms with E-state index in [9.17, 15) is 5.11 Å². The van der Waals surface area contributed by atoms with E-state index in [0.29, 0.717) is 0 Å². The number of thiazole rings is 1. The summed E-state index contributed by atoms with van der Waals surface area (Å²) in [7, 11) is 0. The quantitative estimate of drug-likeness (QED) is 0.848. The van der Waals surface area contributed by atoms with Crippen molar-refractivity contribution in [3.05, 3.63) is 40.3 Å². The summed E-state index contributed by atoms with van der Waals surface area (Å²) in [5, 5.41) is 16.6. The van der Waals surface area contributed by atoms with Crippen molar-refractivity contribution in [1.82, 2.24) is 4.98 Å². The molecule has 23 heavy (non-hydrogen) atoms. The number of nitrogens with one attached hydrogen (secondary N) is 1. The second-order valence-corrected chi connectivity index (χ2v) is 7.01. The van der Waals surface area contributed by atoms with E-state index in [4.69, 9.17) is 0 Å². The van der Waals surface area contributed by atoms with Crippen molar-refractivity contribution in [2.24, 2.45) is 0 Å². The van der Waals surface area contributed by atoms with Crippen LogP contribution in [0.15, 0.2) is 29.6 Å².